The Hall–Kier alpha value is -2.21. The maximum Gasteiger partial charge on any atom is 0.197 e. The van der Waals surface area contributed by atoms with E-state index >= 15 is 0 Å². The standard InChI is InChI=1S/C11H5NO2.2CH4/c12-6-10-9-3-2-8(13)5-7(9)1-4-11(10)14;;/h1-5H;2*1H4. The summed E-state index contributed by atoms with van der Waals surface area (Å²) in [4.78, 5) is 22.3. The predicted octanol–water partition coefficient (Wildman–Crippen LogP) is 2.28. The molecule has 0 heterocycles. The van der Waals surface area contributed by atoms with Crippen molar-refractivity contribution in [2.75, 3.05) is 0 Å². The van der Waals surface area contributed by atoms with Crippen LogP contribution in [0.15, 0.2) is 47.1 Å². The van der Waals surface area contributed by atoms with Crippen LogP contribution in [0.25, 0.3) is 0 Å². The first-order chi connectivity index (χ1) is 6.72. The molecule has 0 unspecified atom stereocenters. The Bertz CT molecular complexity index is 497. The lowest BCUT2D eigenvalue weighted by molar-refractivity contribution is -0.111. The molecular weight excluding hydrogens is 202 g/mol. The molecule has 0 aromatic carbocycles. The van der Waals surface area contributed by atoms with E-state index in [-0.39, 0.29) is 32.0 Å². The molecule has 2 aliphatic rings. The quantitative estimate of drug-likeness (QED) is 0.622. The monoisotopic (exact) mass is 215 g/mol. The van der Waals surface area contributed by atoms with Crippen molar-refractivity contribution in [3.05, 3.63) is 47.1 Å². The fourth-order valence-corrected chi connectivity index (χ4v) is 1.40. The predicted molar refractivity (Wildman–Crippen MR) is 62.5 cm³/mol. The number of carbonyl (C=O) groups is 2. The number of allylic oxidation sites excluding steroid dienone is 8. The first kappa shape index (κ1) is 13.8. The van der Waals surface area contributed by atoms with Crippen LogP contribution in [0.1, 0.15) is 14.9 Å². The Balaban J connectivity index is 0.00000112. The van der Waals surface area contributed by atoms with E-state index in [0.717, 1.165) is 0 Å². The number of ketones is 2. The van der Waals surface area contributed by atoms with Crippen molar-refractivity contribution in [2.45, 2.75) is 14.9 Å². The van der Waals surface area contributed by atoms with Crippen LogP contribution in [0.5, 0.6) is 0 Å². The molecule has 0 aliphatic heterocycles. The van der Waals surface area contributed by atoms with Gasteiger partial charge in [-0.05, 0) is 29.9 Å². The summed E-state index contributed by atoms with van der Waals surface area (Å²) in [6.45, 7) is 0. The Kier molecular flexibility index (Phi) is 4.34. The molecule has 0 spiro atoms. The van der Waals surface area contributed by atoms with Crippen LogP contribution in [-0.4, -0.2) is 11.6 Å². The minimum absolute atomic E-state index is 0. The van der Waals surface area contributed by atoms with Crippen molar-refractivity contribution in [2.24, 2.45) is 0 Å². The van der Waals surface area contributed by atoms with E-state index in [1.165, 1.54) is 24.3 Å². The van der Waals surface area contributed by atoms with Crippen LogP contribution in [0.4, 0.5) is 0 Å². The van der Waals surface area contributed by atoms with Crippen molar-refractivity contribution in [1.82, 2.24) is 0 Å². The molecule has 0 fully saturated rings. The number of fused-ring (bicyclic) bond motifs is 1. The number of hydrogen-bond acceptors (Lipinski definition) is 3. The van der Waals surface area contributed by atoms with Gasteiger partial charge in [-0.1, -0.05) is 20.9 Å². The highest BCUT2D eigenvalue weighted by Gasteiger charge is 2.20. The van der Waals surface area contributed by atoms with E-state index in [4.69, 9.17) is 5.26 Å². The van der Waals surface area contributed by atoms with E-state index < -0.39 is 0 Å². The van der Waals surface area contributed by atoms with Crippen LogP contribution in [0, 0.1) is 11.3 Å². The van der Waals surface area contributed by atoms with Gasteiger partial charge in [0, 0.05) is 5.57 Å². The van der Waals surface area contributed by atoms with E-state index in [1.54, 1.807) is 6.08 Å². The van der Waals surface area contributed by atoms with Crippen molar-refractivity contribution >= 4 is 11.6 Å². The Morgan fingerprint density at radius 1 is 1.00 bits per heavy atom. The normalized spacial score (nSPS) is 16.8. The SMILES string of the molecule is C.C.N#CC1=C2C=CC(=O)C=C2C=CC1=O. The fraction of sp³-hybridized carbons (Fsp3) is 0.154. The van der Waals surface area contributed by atoms with Gasteiger partial charge in [0.25, 0.3) is 0 Å². The molecule has 0 amide bonds. The zero-order valence-electron chi connectivity index (χ0n) is 7.15. The average molecular weight is 215 g/mol. The van der Waals surface area contributed by atoms with Crippen molar-refractivity contribution < 1.29 is 9.59 Å². The molecule has 2 rings (SSSR count). The molecule has 0 atom stereocenters. The zero-order chi connectivity index (χ0) is 10.1. The minimum atomic E-state index is -0.307. The summed E-state index contributed by atoms with van der Waals surface area (Å²) in [6.07, 6.45) is 7.14. The van der Waals surface area contributed by atoms with E-state index in [9.17, 15) is 9.59 Å². The molecule has 2 aliphatic carbocycles. The molecule has 0 radical (unpaired) electrons. The molecule has 0 saturated heterocycles. The molecule has 0 saturated carbocycles. The highest BCUT2D eigenvalue weighted by molar-refractivity contribution is 6.13. The molecule has 0 aromatic heterocycles. The van der Waals surface area contributed by atoms with Crippen LogP contribution < -0.4 is 0 Å². The maximum atomic E-state index is 11.2. The van der Waals surface area contributed by atoms with Gasteiger partial charge in [0.1, 0.15) is 11.6 Å². The van der Waals surface area contributed by atoms with Crippen LogP contribution in [0.2, 0.25) is 0 Å². The lowest BCUT2D eigenvalue weighted by atomic mass is 9.88. The van der Waals surface area contributed by atoms with Crippen LogP contribution >= 0.6 is 0 Å². The molecular formula is C13H13NO2. The number of rotatable bonds is 0. The van der Waals surface area contributed by atoms with Gasteiger partial charge in [-0.2, -0.15) is 5.26 Å². The molecule has 0 N–H and O–H groups in total. The summed E-state index contributed by atoms with van der Waals surface area (Å²) >= 11 is 0. The van der Waals surface area contributed by atoms with Gasteiger partial charge in [-0.3, -0.25) is 9.59 Å². The number of nitriles is 1. The summed E-state index contributed by atoms with van der Waals surface area (Å²) in [7, 11) is 0. The summed E-state index contributed by atoms with van der Waals surface area (Å²) < 4.78 is 0. The van der Waals surface area contributed by atoms with Crippen molar-refractivity contribution in [3.63, 3.8) is 0 Å². The van der Waals surface area contributed by atoms with E-state index in [1.807, 2.05) is 6.07 Å². The first-order valence-electron chi connectivity index (χ1n) is 4.03. The Morgan fingerprint density at radius 3 is 2.31 bits per heavy atom. The number of carbonyl (C=O) groups excluding carboxylic acids is 2. The van der Waals surface area contributed by atoms with Crippen LogP contribution in [0.3, 0.4) is 0 Å². The van der Waals surface area contributed by atoms with Gasteiger partial charge in [-0.15, -0.1) is 0 Å². The van der Waals surface area contributed by atoms with E-state index in [0.29, 0.717) is 11.1 Å². The highest BCUT2D eigenvalue weighted by atomic mass is 16.1. The minimum Gasteiger partial charge on any atom is -0.290 e. The Labute approximate surface area is 95.1 Å². The van der Waals surface area contributed by atoms with E-state index in [2.05, 4.69) is 0 Å². The summed E-state index contributed by atoms with van der Waals surface area (Å²) in [5, 5.41) is 8.76. The molecule has 0 bridgehead atoms. The lowest BCUT2D eigenvalue weighted by Crippen LogP contribution is -2.09. The lowest BCUT2D eigenvalue weighted by Gasteiger charge is -2.12. The first-order valence-corrected chi connectivity index (χ1v) is 4.03. The Morgan fingerprint density at radius 2 is 1.69 bits per heavy atom. The van der Waals surface area contributed by atoms with Gasteiger partial charge in [-0.25, -0.2) is 0 Å². The second-order valence-electron chi connectivity index (χ2n) is 2.93. The third kappa shape index (κ3) is 2.06. The number of hydrogen-bond donors (Lipinski definition) is 0. The van der Waals surface area contributed by atoms with Gasteiger partial charge >= 0.3 is 0 Å². The van der Waals surface area contributed by atoms with Gasteiger partial charge in [0.05, 0.1) is 0 Å². The topological polar surface area (TPSA) is 57.9 Å². The maximum absolute atomic E-state index is 11.2. The van der Waals surface area contributed by atoms with Gasteiger partial charge < -0.3 is 0 Å². The zero-order valence-corrected chi connectivity index (χ0v) is 7.15. The third-order valence-corrected chi connectivity index (χ3v) is 2.06. The molecule has 16 heavy (non-hydrogen) atoms. The second kappa shape index (κ2) is 5.04. The molecule has 0 aromatic rings. The summed E-state index contributed by atoms with van der Waals surface area (Å²) in [5.41, 5.74) is 1.27. The summed E-state index contributed by atoms with van der Waals surface area (Å²) in [5.74, 6) is -0.432. The van der Waals surface area contributed by atoms with Gasteiger partial charge in [0.15, 0.2) is 11.6 Å². The van der Waals surface area contributed by atoms with Crippen LogP contribution in [-0.2, 0) is 9.59 Å². The third-order valence-electron chi connectivity index (χ3n) is 2.06. The van der Waals surface area contributed by atoms with Gasteiger partial charge in [0.2, 0.25) is 0 Å². The largest absolute Gasteiger partial charge is 0.290 e. The average Bonchev–Trinajstić information content (AvgIpc) is 2.18. The number of nitrogens with zero attached hydrogens (tertiary/aromatic N) is 1. The van der Waals surface area contributed by atoms with Crippen molar-refractivity contribution in [1.29, 1.82) is 5.26 Å². The molecule has 82 valence electrons. The van der Waals surface area contributed by atoms with Crippen molar-refractivity contribution in [3.8, 4) is 6.07 Å². The molecule has 3 nitrogen and oxygen atoms in total. The molecule has 3 heteroatoms. The summed E-state index contributed by atoms with van der Waals surface area (Å²) in [6, 6.07) is 1.84. The second-order valence-corrected chi connectivity index (χ2v) is 2.93. The smallest absolute Gasteiger partial charge is 0.197 e. The highest BCUT2D eigenvalue weighted by Crippen LogP contribution is 2.25. The fourth-order valence-electron chi connectivity index (χ4n) is 1.40.